The molecule has 0 aliphatic carbocycles. The van der Waals surface area contributed by atoms with Crippen molar-refractivity contribution in [3.8, 4) is 0 Å². The lowest BCUT2D eigenvalue weighted by atomic mass is 10.2. The van der Waals surface area contributed by atoms with Crippen LogP contribution in [-0.4, -0.2) is 10.9 Å². The number of alkyl halides is 1. The number of hydrogen-bond acceptors (Lipinski definition) is 1. The molecule has 1 heterocycles. The van der Waals surface area contributed by atoms with Crippen molar-refractivity contribution in [1.29, 1.82) is 0 Å². The van der Waals surface area contributed by atoms with Gasteiger partial charge >= 0.3 is 0 Å². The van der Waals surface area contributed by atoms with E-state index in [-0.39, 0.29) is 0 Å². The summed E-state index contributed by atoms with van der Waals surface area (Å²) in [6.07, 6.45) is 4.81. The standard InChI is InChI=1S/C10H12ClN/c1-2-9(8-11)7-10-5-3-4-6-12-10/h3-7H,2,8H2,1H3/b9-7-. The van der Waals surface area contributed by atoms with Gasteiger partial charge in [-0.25, -0.2) is 0 Å². The van der Waals surface area contributed by atoms with Crippen molar-refractivity contribution in [2.45, 2.75) is 13.3 Å². The van der Waals surface area contributed by atoms with Crippen LogP contribution in [0.15, 0.2) is 30.0 Å². The van der Waals surface area contributed by atoms with E-state index in [2.05, 4.69) is 11.9 Å². The highest BCUT2D eigenvalue weighted by atomic mass is 35.5. The highest BCUT2D eigenvalue weighted by molar-refractivity contribution is 6.19. The molecule has 0 unspecified atom stereocenters. The lowest BCUT2D eigenvalue weighted by Crippen LogP contribution is -1.84. The van der Waals surface area contributed by atoms with Gasteiger partial charge in [0.15, 0.2) is 0 Å². The highest BCUT2D eigenvalue weighted by Gasteiger charge is 1.92. The van der Waals surface area contributed by atoms with Crippen molar-refractivity contribution in [2.24, 2.45) is 0 Å². The molecule has 0 fully saturated rings. The maximum absolute atomic E-state index is 5.72. The smallest absolute Gasteiger partial charge is 0.0629 e. The summed E-state index contributed by atoms with van der Waals surface area (Å²) in [5, 5.41) is 0. The molecule has 12 heavy (non-hydrogen) atoms. The van der Waals surface area contributed by atoms with Crippen LogP contribution >= 0.6 is 11.6 Å². The molecule has 0 atom stereocenters. The molecular formula is C10H12ClN. The summed E-state index contributed by atoms with van der Waals surface area (Å²) in [5.41, 5.74) is 2.20. The van der Waals surface area contributed by atoms with E-state index in [0.717, 1.165) is 12.1 Å². The Bertz CT molecular complexity index is 248. The molecule has 0 aromatic carbocycles. The van der Waals surface area contributed by atoms with Crippen molar-refractivity contribution >= 4 is 17.7 Å². The number of allylic oxidation sites excluding steroid dienone is 1. The van der Waals surface area contributed by atoms with Gasteiger partial charge in [-0.05, 0) is 24.6 Å². The number of nitrogens with zero attached hydrogens (tertiary/aromatic N) is 1. The van der Waals surface area contributed by atoms with Crippen molar-refractivity contribution in [3.63, 3.8) is 0 Å². The van der Waals surface area contributed by atoms with Gasteiger partial charge in [0, 0.05) is 12.1 Å². The Morgan fingerprint density at radius 2 is 2.42 bits per heavy atom. The third kappa shape index (κ3) is 2.67. The fourth-order valence-electron chi connectivity index (χ4n) is 0.906. The zero-order valence-corrected chi connectivity index (χ0v) is 7.88. The molecule has 0 N–H and O–H groups in total. The number of hydrogen-bond donors (Lipinski definition) is 0. The topological polar surface area (TPSA) is 12.9 Å². The molecule has 1 nitrogen and oxygen atoms in total. The second-order valence-electron chi connectivity index (χ2n) is 2.54. The van der Waals surface area contributed by atoms with Gasteiger partial charge in [-0.3, -0.25) is 4.98 Å². The van der Waals surface area contributed by atoms with Crippen LogP contribution in [0.5, 0.6) is 0 Å². The number of rotatable bonds is 3. The second kappa shape index (κ2) is 4.94. The first-order valence-corrected chi connectivity index (χ1v) is 4.56. The quantitative estimate of drug-likeness (QED) is 0.653. The largest absolute Gasteiger partial charge is 0.257 e. The predicted molar refractivity (Wildman–Crippen MR) is 53.2 cm³/mol. The van der Waals surface area contributed by atoms with E-state index in [1.165, 1.54) is 5.57 Å². The molecular weight excluding hydrogens is 170 g/mol. The molecule has 1 rings (SSSR count). The summed E-state index contributed by atoms with van der Waals surface area (Å²) in [6.45, 7) is 2.09. The average Bonchev–Trinajstić information content (AvgIpc) is 2.16. The van der Waals surface area contributed by atoms with Crippen LogP contribution < -0.4 is 0 Å². The highest BCUT2D eigenvalue weighted by Crippen LogP contribution is 2.08. The SMILES string of the molecule is CC/C(=C/c1ccccn1)CCl. The van der Waals surface area contributed by atoms with Gasteiger partial charge in [0.25, 0.3) is 0 Å². The van der Waals surface area contributed by atoms with Crippen LogP contribution in [0.1, 0.15) is 19.0 Å². The minimum atomic E-state index is 0.590. The molecule has 0 aliphatic heterocycles. The van der Waals surface area contributed by atoms with Crippen LogP contribution in [0.25, 0.3) is 6.08 Å². The molecule has 0 saturated heterocycles. The second-order valence-corrected chi connectivity index (χ2v) is 2.81. The van der Waals surface area contributed by atoms with Gasteiger partial charge in [-0.1, -0.05) is 18.6 Å². The van der Waals surface area contributed by atoms with Gasteiger partial charge in [0.1, 0.15) is 0 Å². The van der Waals surface area contributed by atoms with Crippen LogP contribution in [0.2, 0.25) is 0 Å². The zero-order chi connectivity index (χ0) is 8.81. The third-order valence-corrected chi connectivity index (χ3v) is 2.01. The third-order valence-electron chi connectivity index (χ3n) is 1.67. The van der Waals surface area contributed by atoms with E-state index in [4.69, 9.17) is 11.6 Å². The first kappa shape index (κ1) is 9.27. The lowest BCUT2D eigenvalue weighted by Gasteiger charge is -1.97. The van der Waals surface area contributed by atoms with E-state index in [9.17, 15) is 0 Å². The first-order chi connectivity index (χ1) is 5.86. The molecule has 1 aromatic rings. The molecule has 1 aromatic heterocycles. The van der Waals surface area contributed by atoms with Crippen molar-refractivity contribution in [3.05, 3.63) is 35.7 Å². The monoisotopic (exact) mass is 181 g/mol. The molecule has 64 valence electrons. The van der Waals surface area contributed by atoms with Crippen LogP contribution in [0, 0.1) is 0 Å². The summed E-state index contributed by atoms with van der Waals surface area (Å²) in [4.78, 5) is 4.18. The molecule has 0 spiro atoms. The van der Waals surface area contributed by atoms with E-state index in [0.29, 0.717) is 5.88 Å². The Labute approximate surface area is 78.1 Å². The predicted octanol–water partition coefficient (Wildman–Crippen LogP) is 3.11. The van der Waals surface area contributed by atoms with Crippen molar-refractivity contribution in [1.82, 2.24) is 4.98 Å². The molecule has 0 bridgehead atoms. The van der Waals surface area contributed by atoms with E-state index >= 15 is 0 Å². The van der Waals surface area contributed by atoms with Gasteiger partial charge in [0.05, 0.1) is 5.69 Å². The minimum absolute atomic E-state index is 0.590. The molecule has 0 aliphatic rings. The Balaban J connectivity index is 2.79. The Hall–Kier alpha value is -0.820. The number of pyridine rings is 1. The average molecular weight is 182 g/mol. The van der Waals surface area contributed by atoms with Gasteiger partial charge in [-0.2, -0.15) is 0 Å². The maximum Gasteiger partial charge on any atom is 0.0629 e. The lowest BCUT2D eigenvalue weighted by molar-refractivity contribution is 1.11. The van der Waals surface area contributed by atoms with Crippen LogP contribution in [0.4, 0.5) is 0 Å². The molecule has 0 amide bonds. The Kier molecular flexibility index (Phi) is 3.81. The van der Waals surface area contributed by atoms with Crippen LogP contribution in [-0.2, 0) is 0 Å². The summed E-state index contributed by atoms with van der Waals surface area (Å²) < 4.78 is 0. The van der Waals surface area contributed by atoms with E-state index < -0.39 is 0 Å². The Morgan fingerprint density at radius 1 is 1.58 bits per heavy atom. The number of halogens is 1. The van der Waals surface area contributed by atoms with E-state index in [1.807, 2.05) is 24.3 Å². The van der Waals surface area contributed by atoms with Crippen LogP contribution in [0.3, 0.4) is 0 Å². The fraction of sp³-hybridized carbons (Fsp3) is 0.300. The summed E-state index contributed by atoms with van der Waals surface area (Å²) in [5.74, 6) is 0.590. The number of aromatic nitrogens is 1. The molecule has 0 radical (unpaired) electrons. The van der Waals surface area contributed by atoms with Crippen molar-refractivity contribution in [2.75, 3.05) is 5.88 Å². The normalized spacial score (nSPS) is 11.7. The van der Waals surface area contributed by atoms with Crippen molar-refractivity contribution < 1.29 is 0 Å². The zero-order valence-electron chi connectivity index (χ0n) is 7.13. The van der Waals surface area contributed by atoms with Gasteiger partial charge in [-0.15, -0.1) is 11.6 Å². The van der Waals surface area contributed by atoms with Gasteiger partial charge in [0.2, 0.25) is 0 Å². The fourth-order valence-corrected chi connectivity index (χ4v) is 1.17. The minimum Gasteiger partial charge on any atom is -0.257 e. The molecule has 0 saturated carbocycles. The Morgan fingerprint density at radius 3 is 2.92 bits per heavy atom. The summed E-state index contributed by atoms with van der Waals surface area (Å²) in [6, 6.07) is 5.85. The first-order valence-electron chi connectivity index (χ1n) is 4.03. The summed E-state index contributed by atoms with van der Waals surface area (Å²) >= 11 is 5.72. The van der Waals surface area contributed by atoms with E-state index in [1.54, 1.807) is 6.20 Å². The van der Waals surface area contributed by atoms with Gasteiger partial charge < -0.3 is 0 Å². The molecule has 2 heteroatoms. The summed E-state index contributed by atoms with van der Waals surface area (Å²) in [7, 11) is 0. The maximum atomic E-state index is 5.72.